The molecule has 0 unspecified atom stereocenters. The Hall–Kier alpha value is -1.62. The summed E-state index contributed by atoms with van der Waals surface area (Å²) in [5.41, 5.74) is 8.10. The van der Waals surface area contributed by atoms with Crippen LogP contribution >= 0.6 is 0 Å². The molecule has 96 valence electrons. The minimum atomic E-state index is 0.534. The van der Waals surface area contributed by atoms with Gasteiger partial charge >= 0.3 is 0 Å². The number of likely N-dealkylation sites (tertiary alicyclic amines) is 1. The van der Waals surface area contributed by atoms with Crippen molar-refractivity contribution in [2.75, 3.05) is 25.9 Å². The van der Waals surface area contributed by atoms with Crippen molar-refractivity contribution in [1.29, 1.82) is 0 Å². The molecule has 1 fully saturated rings. The van der Waals surface area contributed by atoms with Crippen molar-refractivity contribution < 1.29 is 0 Å². The van der Waals surface area contributed by atoms with E-state index in [1.54, 1.807) is 6.33 Å². The van der Waals surface area contributed by atoms with Crippen LogP contribution in [0.2, 0.25) is 0 Å². The van der Waals surface area contributed by atoms with Crippen LogP contribution in [-0.4, -0.2) is 39.6 Å². The second-order valence-electron chi connectivity index (χ2n) is 5.21. The minimum Gasteiger partial charge on any atom is -0.383 e. The first-order valence-corrected chi connectivity index (χ1v) is 6.43. The summed E-state index contributed by atoms with van der Waals surface area (Å²) in [5.74, 6) is 0.587. The molecule has 0 aromatic carbocycles. The summed E-state index contributed by atoms with van der Waals surface area (Å²) in [4.78, 5) is 10.9. The van der Waals surface area contributed by atoms with E-state index in [9.17, 15) is 0 Å². The van der Waals surface area contributed by atoms with Gasteiger partial charge in [-0.2, -0.15) is 0 Å². The first-order chi connectivity index (χ1) is 8.66. The predicted molar refractivity (Wildman–Crippen MR) is 72.4 cm³/mol. The van der Waals surface area contributed by atoms with Crippen LogP contribution in [0.4, 0.5) is 5.82 Å². The molecular weight excluding hydrogens is 226 g/mol. The first-order valence-electron chi connectivity index (χ1n) is 6.43. The van der Waals surface area contributed by atoms with E-state index in [0.717, 1.165) is 24.1 Å². The van der Waals surface area contributed by atoms with Gasteiger partial charge in [-0.1, -0.05) is 0 Å². The fourth-order valence-corrected chi connectivity index (χ4v) is 2.85. The highest BCUT2D eigenvalue weighted by atomic mass is 15.1. The minimum absolute atomic E-state index is 0.534. The van der Waals surface area contributed by atoms with E-state index < -0.39 is 0 Å². The number of hydrogen-bond donors (Lipinski definition) is 1. The number of nitrogen functional groups attached to an aromatic ring is 1. The van der Waals surface area contributed by atoms with Crippen LogP contribution in [0.3, 0.4) is 0 Å². The summed E-state index contributed by atoms with van der Waals surface area (Å²) in [6.07, 6.45) is 6.07. The Morgan fingerprint density at radius 1 is 1.28 bits per heavy atom. The van der Waals surface area contributed by atoms with E-state index in [4.69, 9.17) is 5.73 Å². The summed E-state index contributed by atoms with van der Waals surface area (Å²) in [5, 5.41) is 1.01. The molecule has 2 N–H and O–H groups in total. The molecule has 0 aliphatic carbocycles. The van der Waals surface area contributed by atoms with Crippen molar-refractivity contribution in [1.82, 2.24) is 19.4 Å². The number of rotatable bonds is 1. The summed E-state index contributed by atoms with van der Waals surface area (Å²) in [6.45, 7) is 4.36. The van der Waals surface area contributed by atoms with Gasteiger partial charge in [0.1, 0.15) is 17.8 Å². The Morgan fingerprint density at radius 3 is 2.72 bits per heavy atom. The molecule has 2 aromatic heterocycles. The molecule has 2 aromatic rings. The molecule has 0 spiro atoms. The molecule has 0 bridgehead atoms. The van der Waals surface area contributed by atoms with E-state index in [-0.39, 0.29) is 0 Å². The van der Waals surface area contributed by atoms with Crippen LogP contribution in [0.1, 0.15) is 24.4 Å². The average molecular weight is 245 g/mol. The lowest BCUT2D eigenvalue weighted by Crippen LogP contribution is -2.31. The molecule has 0 atom stereocenters. The third kappa shape index (κ3) is 1.75. The lowest BCUT2D eigenvalue weighted by atomic mass is 10.1. The maximum absolute atomic E-state index is 5.95. The monoisotopic (exact) mass is 245 g/mol. The van der Waals surface area contributed by atoms with Gasteiger partial charge in [-0.3, -0.25) is 0 Å². The van der Waals surface area contributed by atoms with Crippen LogP contribution < -0.4 is 5.73 Å². The largest absolute Gasteiger partial charge is 0.383 e. The number of nitrogens with zero attached hydrogens (tertiary/aromatic N) is 4. The van der Waals surface area contributed by atoms with Crippen molar-refractivity contribution in [3.8, 4) is 0 Å². The molecule has 1 aliphatic rings. The standard InChI is InChI=1S/C13H19N5/c1-9-7-18(10-3-5-17(2)6-4-10)13-11(9)12(14)15-8-16-13/h7-8,10H,3-6H2,1-2H3,(H2,14,15,16). The number of piperidine rings is 1. The second kappa shape index (κ2) is 4.24. The number of aryl methyl sites for hydroxylation is 1. The van der Waals surface area contributed by atoms with Crippen molar-refractivity contribution >= 4 is 16.9 Å². The first kappa shape index (κ1) is 11.5. The van der Waals surface area contributed by atoms with Crippen LogP contribution in [0.15, 0.2) is 12.5 Å². The molecule has 5 heteroatoms. The second-order valence-corrected chi connectivity index (χ2v) is 5.21. The Labute approximate surface area is 107 Å². The molecular formula is C13H19N5. The summed E-state index contributed by atoms with van der Waals surface area (Å²) in [7, 11) is 2.18. The molecule has 1 saturated heterocycles. The van der Waals surface area contributed by atoms with Gasteiger partial charge < -0.3 is 15.2 Å². The number of fused-ring (bicyclic) bond motifs is 1. The van der Waals surface area contributed by atoms with E-state index in [1.807, 2.05) is 0 Å². The molecule has 3 rings (SSSR count). The number of aromatic nitrogens is 3. The van der Waals surface area contributed by atoms with Gasteiger partial charge in [0.25, 0.3) is 0 Å². The fraction of sp³-hybridized carbons (Fsp3) is 0.538. The third-order valence-electron chi connectivity index (χ3n) is 3.91. The van der Waals surface area contributed by atoms with Crippen molar-refractivity contribution in [3.63, 3.8) is 0 Å². The average Bonchev–Trinajstić information content (AvgIpc) is 2.69. The molecule has 5 nitrogen and oxygen atoms in total. The van der Waals surface area contributed by atoms with Gasteiger partial charge in [0.2, 0.25) is 0 Å². The zero-order valence-electron chi connectivity index (χ0n) is 10.9. The van der Waals surface area contributed by atoms with Gasteiger partial charge in [0, 0.05) is 12.2 Å². The van der Waals surface area contributed by atoms with Crippen molar-refractivity contribution in [2.45, 2.75) is 25.8 Å². The number of anilines is 1. The summed E-state index contributed by atoms with van der Waals surface area (Å²) in [6, 6.07) is 0.534. The Balaban J connectivity index is 2.05. The maximum Gasteiger partial charge on any atom is 0.145 e. The van der Waals surface area contributed by atoms with Gasteiger partial charge in [-0.25, -0.2) is 9.97 Å². The Bertz CT molecular complexity index is 566. The third-order valence-corrected chi connectivity index (χ3v) is 3.91. The molecule has 0 amide bonds. The Morgan fingerprint density at radius 2 is 2.00 bits per heavy atom. The van der Waals surface area contributed by atoms with E-state index in [1.165, 1.54) is 18.4 Å². The van der Waals surface area contributed by atoms with E-state index >= 15 is 0 Å². The van der Waals surface area contributed by atoms with Gasteiger partial charge in [-0.05, 0) is 45.5 Å². The number of nitrogens with two attached hydrogens (primary N) is 1. The quantitative estimate of drug-likeness (QED) is 0.829. The highest BCUT2D eigenvalue weighted by Crippen LogP contribution is 2.30. The zero-order chi connectivity index (χ0) is 12.7. The van der Waals surface area contributed by atoms with Crippen LogP contribution in [0.5, 0.6) is 0 Å². The lowest BCUT2D eigenvalue weighted by Gasteiger charge is -2.30. The summed E-state index contributed by atoms with van der Waals surface area (Å²) >= 11 is 0. The molecule has 3 heterocycles. The van der Waals surface area contributed by atoms with Crippen molar-refractivity contribution in [2.24, 2.45) is 0 Å². The topological polar surface area (TPSA) is 60.0 Å². The van der Waals surface area contributed by atoms with Crippen LogP contribution in [0, 0.1) is 6.92 Å². The fourth-order valence-electron chi connectivity index (χ4n) is 2.85. The highest BCUT2D eigenvalue weighted by molar-refractivity contribution is 5.89. The maximum atomic E-state index is 5.95. The molecule has 18 heavy (non-hydrogen) atoms. The zero-order valence-corrected chi connectivity index (χ0v) is 10.9. The highest BCUT2D eigenvalue weighted by Gasteiger charge is 2.21. The van der Waals surface area contributed by atoms with E-state index in [0.29, 0.717) is 11.9 Å². The van der Waals surface area contributed by atoms with Gasteiger partial charge in [0.15, 0.2) is 0 Å². The molecule has 1 aliphatic heterocycles. The van der Waals surface area contributed by atoms with E-state index in [2.05, 4.69) is 39.6 Å². The number of hydrogen-bond acceptors (Lipinski definition) is 4. The molecule has 0 radical (unpaired) electrons. The predicted octanol–water partition coefficient (Wildman–Crippen LogP) is 1.59. The summed E-state index contributed by atoms with van der Waals surface area (Å²) < 4.78 is 2.29. The van der Waals surface area contributed by atoms with Crippen LogP contribution in [-0.2, 0) is 0 Å². The van der Waals surface area contributed by atoms with Crippen LogP contribution in [0.25, 0.3) is 11.0 Å². The van der Waals surface area contributed by atoms with Crippen molar-refractivity contribution in [3.05, 3.63) is 18.1 Å². The normalized spacial score (nSPS) is 18.6. The van der Waals surface area contributed by atoms with Gasteiger partial charge in [-0.15, -0.1) is 0 Å². The SMILES string of the molecule is Cc1cn(C2CCN(C)CC2)c2ncnc(N)c12. The smallest absolute Gasteiger partial charge is 0.145 e. The Kier molecular flexibility index (Phi) is 2.70. The lowest BCUT2D eigenvalue weighted by molar-refractivity contribution is 0.223. The van der Waals surface area contributed by atoms with Gasteiger partial charge in [0.05, 0.1) is 5.39 Å². The molecule has 0 saturated carbocycles.